The van der Waals surface area contributed by atoms with Gasteiger partial charge >= 0.3 is 0 Å². The van der Waals surface area contributed by atoms with Gasteiger partial charge in [0, 0.05) is 36.7 Å². The van der Waals surface area contributed by atoms with E-state index in [1.165, 1.54) is 17.2 Å². The number of piperidine rings is 1. The summed E-state index contributed by atoms with van der Waals surface area (Å²) < 4.78 is 27.0. The normalized spacial score (nSPS) is 24.4. The second-order valence-electron chi connectivity index (χ2n) is 7.92. The lowest BCUT2D eigenvalue weighted by Crippen LogP contribution is -2.44. The summed E-state index contributed by atoms with van der Waals surface area (Å²) in [6.07, 6.45) is 2.18. The van der Waals surface area contributed by atoms with Gasteiger partial charge in [-0.25, -0.2) is 8.78 Å². The predicted octanol–water partition coefficient (Wildman–Crippen LogP) is 3.75. The van der Waals surface area contributed by atoms with Crippen molar-refractivity contribution in [2.75, 3.05) is 19.6 Å². The molecule has 2 aliphatic heterocycles. The number of aryl methyl sites for hydroxylation is 1. The van der Waals surface area contributed by atoms with E-state index in [0.717, 1.165) is 38.5 Å². The van der Waals surface area contributed by atoms with Crippen molar-refractivity contribution in [2.45, 2.75) is 38.3 Å². The Balaban J connectivity index is 1.37. The lowest BCUT2D eigenvalue weighted by atomic mass is 9.80. The molecule has 2 heterocycles. The van der Waals surface area contributed by atoms with Crippen LogP contribution in [0.2, 0.25) is 0 Å². The smallest absolute Gasteiger partial charge is 0.130 e. The van der Waals surface area contributed by atoms with E-state index in [2.05, 4.69) is 46.9 Å². The molecule has 2 N–H and O–H groups in total. The summed E-state index contributed by atoms with van der Waals surface area (Å²) in [6, 6.07) is 13.1. The van der Waals surface area contributed by atoms with Crippen molar-refractivity contribution in [1.29, 1.82) is 0 Å². The molecular formula is C22H27F2N3. The zero-order valence-corrected chi connectivity index (χ0v) is 15.7. The van der Waals surface area contributed by atoms with Gasteiger partial charge in [0.2, 0.25) is 0 Å². The van der Waals surface area contributed by atoms with Crippen LogP contribution in [0.4, 0.5) is 8.78 Å². The molecular weight excluding hydrogens is 344 g/mol. The third-order valence-corrected chi connectivity index (χ3v) is 6.04. The summed E-state index contributed by atoms with van der Waals surface area (Å²) in [5.74, 6) is 0.117. The molecule has 0 aromatic heterocycles. The van der Waals surface area contributed by atoms with Crippen LogP contribution in [0.25, 0.3) is 0 Å². The molecule has 2 fully saturated rings. The molecule has 0 saturated carbocycles. The van der Waals surface area contributed by atoms with Crippen molar-refractivity contribution in [3.63, 3.8) is 0 Å². The Labute approximate surface area is 159 Å². The topological polar surface area (TPSA) is 27.3 Å². The molecule has 0 aliphatic carbocycles. The Morgan fingerprint density at radius 2 is 1.89 bits per heavy atom. The molecule has 0 spiro atoms. The van der Waals surface area contributed by atoms with E-state index in [1.54, 1.807) is 6.07 Å². The summed E-state index contributed by atoms with van der Waals surface area (Å²) in [5.41, 5.74) is 10.1. The summed E-state index contributed by atoms with van der Waals surface area (Å²) in [5, 5.41) is 0. The molecule has 2 atom stereocenters. The number of likely N-dealkylation sites (tertiary alicyclic amines) is 1. The Morgan fingerprint density at radius 3 is 2.63 bits per heavy atom. The highest BCUT2D eigenvalue weighted by Crippen LogP contribution is 2.33. The first-order chi connectivity index (χ1) is 13.1. The second-order valence-corrected chi connectivity index (χ2v) is 7.92. The first-order valence-corrected chi connectivity index (χ1v) is 9.81. The average Bonchev–Trinajstić information content (AvgIpc) is 3.14. The maximum atomic E-state index is 13.9. The maximum absolute atomic E-state index is 13.9. The number of rotatable bonds is 4. The van der Waals surface area contributed by atoms with E-state index >= 15 is 0 Å². The third kappa shape index (κ3) is 4.21. The van der Waals surface area contributed by atoms with Crippen LogP contribution >= 0.6 is 0 Å². The van der Waals surface area contributed by atoms with Crippen molar-refractivity contribution in [3.8, 4) is 0 Å². The summed E-state index contributed by atoms with van der Waals surface area (Å²) in [7, 11) is 0. The molecule has 0 amide bonds. The van der Waals surface area contributed by atoms with Crippen molar-refractivity contribution in [1.82, 2.24) is 15.8 Å². The minimum Gasteiger partial charge on any atom is -0.299 e. The lowest BCUT2D eigenvalue weighted by molar-refractivity contribution is 0.150. The quantitative estimate of drug-likeness (QED) is 0.857. The van der Waals surface area contributed by atoms with Crippen LogP contribution in [0.3, 0.4) is 0 Å². The molecule has 144 valence electrons. The van der Waals surface area contributed by atoms with Gasteiger partial charge < -0.3 is 0 Å². The monoisotopic (exact) mass is 371 g/mol. The Kier molecular flexibility index (Phi) is 5.53. The van der Waals surface area contributed by atoms with Crippen LogP contribution in [0, 0.1) is 24.5 Å². The van der Waals surface area contributed by atoms with Gasteiger partial charge in [-0.15, -0.1) is 0 Å². The number of benzene rings is 2. The summed E-state index contributed by atoms with van der Waals surface area (Å²) >= 11 is 0. The number of nitrogens with one attached hydrogen (secondary N) is 2. The molecule has 2 saturated heterocycles. The van der Waals surface area contributed by atoms with Gasteiger partial charge in [-0.2, -0.15) is 0 Å². The van der Waals surface area contributed by atoms with Gasteiger partial charge in [-0.3, -0.25) is 15.8 Å². The first kappa shape index (κ1) is 18.5. The zero-order chi connectivity index (χ0) is 18.8. The molecule has 0 bridgehead atoms. The Morgan fingerprint density at radius 1 is 1.07 bits per heavy atom. The first-order valence-electron chi connectivity index (χ1n) is 9.81. The van der Waals surface area contributed by atoms with Crippen molar-refractivity contribution >= 4 is 0 Å². The number of hydrogen-bond acceptors (Lipinski definition) is 3. The fourth-order valence-electron chi connectivity index (χ4n) is 4.55. The van der Waals surface area contributed by atoms with Crippen molar-refractivity contribution in [2.24, 2.45) is 5.92 Å². The molecule has 4 rings (SSSR count). The van der Waals surface area contributed by atoms with Crippen LogP contribution in [-0.4, -0.2) is 30.6 Å². The van der Waals surface area contributed by atoms with E-state index < -0.39 is 11.6 Å². The van der Waals surface area contributed by atoms with Gasteiger partial charge in [-0.1, -0.05) is 35.9 Å². The molecule has 5 heteroatoms. The minimum atomic E-state index is -0.517. The molecule has 2 aromatic carbocycles. The number of nitrogens with zero attached hydrogens (tertiary/aromatic N) is 1. The third-order valence-electron chi connectivity index (χ3n) is 6.04. The van der Waals surface area contributed by atoms with Crippen LogP contribution in [-0.2, 0) is 6.54 Å². The molecule has 0 radical (unpaired) electrons. The van der Waals surface area contributed by atoms with Crippen LogP contribution in [0.1, 0.15) is 35.4 Å². The Bertz CT molecular complexity index is 787. The van der Waals surface area contributed by atoms with Crippen LogP contribution < -0.4 is 10.9 Å². The van der Waals surface area contributed by atoms with E-state index in [-0.39, 0.29) is 0 Å². The SMILES string of the molecule is Cc1cccc(C2CNNC2C2CCN(Cc3ccc(F)cc3F)CC2)c1. The second kappa shape index (κ2) is 8.05. The zero-order valence-electron chi connectivity index (χ0n) is 15.7. The van der Waals surface area contributed by atoms with E-state index in [4.69, 9.17) is 0 Å². The molecule has 3 nitrogen and oxygen atoms in total. The predicted molar refractivity (Wildman–Crippen MR) is 103 cm³/mol. The number of hydrazine groups is 1. The highest BCUT2D eigenvalue weighted by Gasteiger charge is 2.36. The van der Waals surface area contributed by atoms with Gasteiger partial charge in [0.1, 0.15) is 11.6 Å². The lowest BCUT2D eigenvalue weighted by Gasteiger charge is -2.36. The molecule has 2 unspecified atom stereocenters. The van der Waals surface area contributed by atoms with E-state index in [0.29, 0.717) is 30.0 Å². The fraction of sp³-hybridized carbons (Fsp3) is 0.455. The average molecular weight is 371 g/mol. The highest BCUT2D eigenvalue weighted by molar-refractivity contribution is 5.28. The van der Waals surface area contributed by atoms with Gasteiger partial charge in [-0.05, 0) is 50.4 Å². The number of halogens is 2. The standard InChI is InChI=1S/C22H27F2N3/c1-15-3-2-4-17(11-15)20-13-25-26-22(20)16-7-9-27(10-8-16)14-18-5-6-19(23)12-21(18)24/h2-6,11-12,16,20,22,25-26H,7-10,13-14H2,1H3. The minimum absolute atomic E-state index is 0.427. The van der Waals surface area contributed by atoms with E-state index in [1.807, 2.05) is 0 Å². The van der Waals surface area contributed by atoms with Gasteiger partial charge in [0.05, 0.1) is 0 Å². The van der Waals surface area contributed by atoms with Gasteiger partial charge in [0.25, 0.3) is 0 Å². The van der Waals surface area contributed by atoms with Crippen LogP contribution in [0.15, 0.2) is 42.5 Å². The van der Waals surface area contributed by atoms with Gasteiger partial charge in [0.15, 0.2) is 0 Å². The van der Waals surface area contributed by atoms with E-state index in [9.17, 15) is 8.78 Å². The molecule has 2 aromatic rings. The fourth-order valence-corrected chi connectivity index (χ4v) is 4.55. The Hall–Kier alpha value is -1.82. The van der Waals surface area contributed by atoms with Crippen molar-refractivity contribution < 1.29 is 8.78 Å². The summed E-state index contributed by atoms with van der Waals surface area (Å²) in [4.78, 5) is 2.27. The summed E-state index contributed by atoms with van der Waals surface area (Å²) in [6.45, 7) is 5.54. The maximum Gasteiger partial charge on any atom is 0.130 e. The molecule has 27 heavy (non-hydrogen) atoms. The van der Waals surface area contributed by atoms with Crippen LogP contribution in [0.5, 0.6) is 0 Å². The number of hydrogen-bond donors (Lipinski definition) is 2. The largest absolute Gasteiger partial charge is 0.299 e. The highest BCUT2D eigenvalue weighted by atomic mass is 19.1. The molecule has 2 aliphatic rings. The van der Waals surface area contributed by atoms with Crippen molar-refractivity contribution in [3.05, 3.63) is 70.8 Å².